The van der Waals surface area contributed by atoms with Crippen molar-refractivity contribution in [1.82, 2.24) is 5.32 Å². The molecule has 2 fully saturated rings. The Morgan fingerprint density at radius 3 is 2.14 bits per heavy atom. The first-order valence-electron chi connectivity index (χ1n) is 17.4. The average Bonchev–Trinajstić information content (AvgIpc) is 3.65. The van der Waals surface area contributed by atoms with Gasteiger partial charge in [-0.1, -0.05) is 24.3 Å². The zero-order chi connectivity index (χ0) is 35.4. The van der Waals surface area contributed by atoms with Crippen molar-refractivity contribution in [2.24, 2.45) is 33.0 Å². The van der Waals surface area contributed by atoms with Crippen molar-refractivity contribution in [3.63, 3.8) is 0 Å². The van der Waals surface area contributed by atoms with Crippen LogP contribution in [-0.2, 0) is 30.1 Å². The van der Waals surface area contributed by atoms with Crippen LogP contribution < -0.4 is 16.1 Å². The van der Waals surface area contributed by atoms with Gasteiger partial charge < -0.3 is 24.7 Å². The van der Waals surface area contributed by atoms with Crippen LogP contribution >= 0.6 is 0 Å². The van der Waals surface area contributed by atoms with Crippen LogP contribution in [0.25, 0.3) is 0 Å². The molecule has 2 aromatic rings. The number of anilines is 1. The van der Waals surface area contributed by atoms with Gasteiger partial charge in [-0.25, -0.2) is 9.79 Å². The average molecular weight is 672 g/mol. The van der Waals surface area contributed by atoms with Gasteiger partial charge in [0.05, 0.1) is 11.2 Å². The van der Waals surface area contributed by atoms with E-state index in [1.807, 2.05) is 97.0 Å². The summed E-state index contributed by atoms with van der Waals surface area (Å²) in [5, 5.41) is 13.8. The molecule has 2 heterocycles. The molecule has 11 nitrogen and oxygen atoms in total. The highest BCUT2D eigenvalue weighted by molar-refractivity contribution is 6.62. The molecule has 1 saturated heterocycles. The summed E-state index contributed by atoms with van der Waals surface area (Å²) < 4.78 is 17.8. The number of aliphatic imine (C=N–C) groups is 1. The van der Waals surface area contributed by atoms with E-state index in [2.05, 4.69) is 25.9 Å². The molecule has 2 amide bonds. The number of carbonyl (C=O) groups is 3. The lowest BCUT2D eigenvalue weighted by molar-refractivity contribution is -0.129. The smallest absolute Gasteiger partial charge is 0.444 e. The van der Waals surface area contributed by atoms with Gasteiger partial charge in [0, 0.05) is 36.1 Å². The number of amides is 2. The Hall–Kier alpha value is -3.90. The van der Waals surface area contributed by atoms with Gasteiger partial charge >= 0.3 is 13.2 Å². The minimum Gasteiger partial charge on any atom is -0.444 e. The number of amidine groups is 1. The van der Waals surface area contributed by atoms with Gasteiger partial charge in [0.1, 0.15) is 11.4 Å². The maximum atomic E-state index is 13.8. The Bertz CT molecular complexity index is 1540. The lowest BCUT2D eigenvalue weighted by atomic mass is 9.77. The molecule has 3 aliphatic rings. The van der Waals surface area contributed by atoms with Gasteiger partial charge in [-0.2, -0.15) is 5.11 Å². The number of benzene rings is 2. The predicted octanol–water partition coefficient (Wildman–Crippen LogP) is 6.24. The lowest BCUT2D eigenvalue weighted by Gasteiger charge is -2.32. The first-order chi connectivity index (χ1) is 23.1. The molecule has 0 aromatic heterocycles. The molecule has 0 radical (unpaired) electrons. The summed E-state index contributed by atoms with van der Waals surface area (Å²) in [6, 6.07) is 15.3. The molecule has 0 bridgehead atoms. The summed E-state index contributed by atoms with van der Waals surface area (Å²) >= 11 is 0. The number of azo groups is 1. The fourth-order valence-corrected chi connectivity index (χ4v) is 6.30. The third kappa shape index (κ3) is 9.63. The van der Waals surface area contributed by atoms with Gasteiger partial charge in [-0.05, 0) is 122 Å². The lowest BCUT2D eigenvalue weighted by Crippen LogP contribution is -2.41. The molecule has 2 aliphatic heterocycles. The van der Waals surface area contributed by atoms with Crippen LogP contribution in [0.4, 0.5) is 10.5 Å². The standard InChI is InChI=1S/C37H50BN5O6/c1-35(2,3)47-34(46)39-22-25-8-12-26(13-9-25)31(44)21-28(33(45)42-30-18-14-27(15-19-30)32-40-23-41-43-32)20-24-10-16-29(17-11-24)38-48-36(4,5)37(6,7)49-38/h10-11,14-19,25-26,28H,8-9,12-13,20-23H2,1-7H3,(H,39,46)(H,42,45)/t25?,26?,28-/m1/s1. The molecule has 1 saturated carbocycles. The highest BCUT2D eigenvalue weighted by Gasteiger charge is 2.51. The monoisotopic (exact) mass is 671 g/mol. The molecular weight excluding hydrogens is 621 g/mol. The third-order valence-electron chi connectivity index (χ3n) is 9.90. The van der Waals surface area contributed by atoms with E-state index in [-0.39, 0.29) is 29.9 Å². The summed E-state index contributed by atoms with van der Waals surface area (Å²) in [4.78, 5) is 43.8. The maximum absolute atomic E-state index is 13.8. The van der Waals surface area contributed by atoms with E-state index in [9.17, 15) is 14.4 Å². The van der Waals surface area contributed by atoms with E-state index in [0.29, 0.717) is 31.2 Å². The quantitative estimate of drug-likeness (QED) is 0.271. The SMILES string of the molecule is CC(C)(C)OC(=O)NCC1CCC(C(=O)C[C@@H](Cc2ccc(B3OC(C)(C)C(C)(C)O3)cc2)C(=O)Nc2ccc(C3=NCN=N3)cc2)CC1. The van der Waals surface area contributed by atoms with E-state index in [4.69, 9.17) is 14.0 Å². The normalized spacial score (nSPS) is 21.9. The van der Waals surface area contributed by atoms with E-state index < -0.39 is 35.9 Å². The minimum absolute atomic E-state index is 0.104. The third-order valence-corrected chi connectivity index (χ3v) is 9.90. The van der Waals surface area contributed by atoms with Gasteiger partial charge in [-0.15, -0.1) is 5.11 Å². The first-order valence-corrected chi connectivity index (χ1v) is 17.4. The molecule has 262 valence electrons. The second-order valence-corrected chi connectivity index (χ2v) is 15.4. The number of alkyl carbamates (subject to hydrolysis) is 1. The second kappa shape index (κ2) is 14.9. The topological polar surface area (TPSA) is 140 Å². The molecule has 1 atom stereocenters. The zero-order valence-corrected chi connectivity index (χ0v) is 29.9. The Morgan fingerprint density at radius 2 is 1.57 bits per heavy atom. The number of Topliss-reactive ketones (excluding diaryl/α,β-unsaturated/α-hetero) is 1. The molecule has 5 rings (SSSR count). The largest absolute Gasteiger partial charge is 0.494 e. The number of hydrogen-bond acceptors (Lipinski definition) is 9. The van der Waals surface area contributed by atoms with Crippen LogP contribution in [-0.4, -0.2) is 60.8 Å². The summed E-state index contributed by atoms with van der Waals surface area (Å²) in [5.41, 5.74) is 1.88. The van der Waals surface area contributed by atoms with Crippen LogP contribution in [0.5, 0.6) is 0 Å². The first kappa shape index (κ1) is 36.4. The van der Waals surface area contributed by atoms with Crippen molar-refractivity contribution in [3.05, 3.63) is 59.7 Å². The fourth-order valence-electron chi connectivity index (χ4n) is 6.30. The molecule has 49 heavy (non-hydrogen) atoms. The minimum atomic E-state index is -0.561. The highest BCUT2D eigenvalue weighted by Crippen LogP contribution is 2.36. The van der Waals surface area contributed by atoms with E-state index in [1.165, 1.54) is 0 Å². The molecule has 0 unspecified atom stereocenters. The van der Waals surface area contributed by atoms with Crippen LogP contribution in [0.1, 0.15) is 91.7 Å². The number of ether oxygens (including phenoxy) is 1. The summed E-state index contributed by atoms with van der Waals surface area (Å²) in [6.45, 7) is 14.5. The van der Waals surface area contributed by atoms with Crippen LogP contribution in [0.2, 0.25) is 0 Å². The van der Waals surface area contributed by atoms with Crippen molar-refractivity contribution in [3.8, 4) is 0 Å². The molecule has 12 heteroatoms. The Morgan fingerprint density at radius 1 is 0.939 bits per heavy atom. The van der Waals surface area contributed by atoms with Gasteiger partial charge in [0.25, 0.3) is 0 Å². The number of nitrogens with zero attached hydrogens (tertiary/aromatic N) is 3. The molecule has 0 spiro atoms. The van der Waals surface area contributed by atoms with Gasteiger partial charge in [0.2, 0.25) is 5.91 Å². The number of ketones is 1. The molecule has 2 N–H and O–H groups in total. The highest BCUT2D eigenvalue weighted by atomic mass is 16.7. The van der Waals surface area contributed by atoms with Crippen LogP contribution in [0.15, 0.2) is 63.8 Å². The Balaban J connectivity index is 1.22. The van der Waals surface area contributed by atoms with Gasteiger partial charge in [0.15, 0.2) is 12.5 Å². The number of carbonyl (C=O) groups excluding carboxylic acids is 3. The Kier molecular flexibility index (Phi) is 11.1. The summed E-state index contributed by atoms with van der Waals surface area (Å²) in [7, 11) is -0.478. The fraction of sp³-hybridized carbons (Fsp3) is 0.568. The molecule has 2 aromatic carbocycles. The zero-order valence-electron chi connectivity index (χ0n) is 29.9. The van der Waals surface area contributed by atoms with Crippen LogP contribution in [0.3, 0.4) is 0 Å². The number of nitrogens with one attached hydrogen (secondary N) is 2. The van der Waals surface area contributed by atoms with Crippen LogP contribution in [0, 0.1) is 17.8 Å². The summed E-state index contributed by atoms with van der Waals surface area (Å²) in [5.74, 6) is 0.0872. The number of hydrogen-bond donors (Lipinski definition) is 2. The Labute approximate surface area is 290 Å². The van der Waals surface area contributed by atoms with E-state index >= 15 is 0 Å². The van der Waals surface area contributed by atoms with Crippen molar-refractivity contribution < 1.29 is 28.4 Å². The van der Waals surface area contributed by atoms with Crippen molar-refractivity contribution >= 4 is 41.9 Å². The summed E-state index contributed by atoms with van der Waals surface area (Å²) in [6.07, 6.45) is 3.27. The second-order valence-electron chi connectivity index (χ2n) is 15.4. The van der Waals surface area contributed by atoms with Crippen molar-refractivity contribution in [2.45, 2.75) is 104 Å². The van der Waals surface area contributed by atoms with E-state index in [1.54, 1.807) is 0 Å². The van der Waals surface area contributed by atoms with Gasteiger partial charge in [-0.3, -0.25) is 9.59 Å². The van der Waals surface area contributed by atoms with Crippen molar-refractivity contribution in [2.75, 3.05) is 18.5 Å². The molecular formula is C37H50BN5O6. The molecule has 1 aliphatic carbocycles. The maximum Gasteiger partial charge on any atom is 0.494 e. The number of rotatable bonds is 11. The van der Waals surface area contributed by atoms with E-state index in [0.717, 1.165) is 42.3 Å². The predicted molar refractivity (Wildman–Crippen MR) is 190 cm³/mol. The van der Waals surface area contributed by atoms with Crippen molar-refractivity contribution in [1.29, 1.82) is 0 Å².